The van der Waals surface area contributed by atoms with Gasteiger partial charge in [-0.2, -0.15) is 0 Å². The van der Waals surface area contributed by atoms with Crippen molar-refractivity contribution in [3.8, 4) is 0 Å². The molecule has 7 heteroatoms. The van der Waals surface area contributed by atoms with Gasteiger partial charge in [0.15, 0.2) is 5.41 Å². The maximum atomic E-state index is 12.0. The van der Waals surface area contributed by atoms with Crippen LogP contribution in [0.2, 0.25) is 0 Å². The molecule has 0 aromatic rings. The monoisotopic (exact) mass is 316 g/mol. The van der Waals surface area contributed by atoms with Crippen LogP contribution in [-0.4, -0.2) is 32.1 Å². The minimum Gasteiger partial charge on any atom is -0.468 e. The number of ether oxygens (including phenoxy) is 3. The molecule has 1 atom stereocenters. The maximum Gasteiger partial charge on any atom is 0.323 e. The van der Waals surface area contributed by atoms with E-state index in [2.05, 4.69) is 0 Å². The Hall–Kier alpha value is -1.82. The highest BCUT2D eigenvalue weighted by Crippen LogP contribution is 2.48. The van der Waals surface area contributed by atoms with Gasteiger partial charge in [-0.05, 0) is 18.9 Å². The first kappa shape index (κ1) is 17.2. The zero-order valence-electron chi connectivity index (χ0n) is 12.1. The lowest BCUT2D eigenvalue weighted by molar-refractivity contribution is -0.168. The van der Waals surface area contributed by atoms with Crippen molar-refractivity contribution in [2.75, 3.05) is 14.2 Å². The maximum absolute atomic E-state index is 12.0. The molecule has 0 aromatic heterocycles. The number of carbonyl (C=O) groups is 3. The van der Waals surface area contributed by atoms with Crippen molar-refractivity contribution in [1.29, 1.82) is 0 Å². The zero-order chi connectivity index (χ0) is 16.0. The number of hydrogen-bond donors (Lipinski definition) is 0. The summed E-state index contributed by atoms with van der Waals surface area (Å²) in [4.78, 5) is 34.8. The van der Waals surface area contributed by atoms with Crippen molar-refractivity contribution in [1.82, 2.24) is 0 Å². The van der Waals surface area contributed by atoms with Crippen molar-refractivity contribution < 1.29 is 28.6 Å². The van der Waals surface area contributed by atoms with Crippen molar-refractivity contribution in [2.45, 2.75) is 19.8 Å². The topological polar surface area (TPSA) is 78.9 Å². The lowest BCUT2D eigenvalue weighted by Gasteiger charge is -2.22. The average molecular weight is 317 g/mol. The van der Waals surface area contributed by atoms with Gasteiger partial charge < -0.3 is 14.2 Å². The molecule has 116 valence electrons. The summed E-state index contributed by atoms with van der Waals surface area (Å²) >= 11 is 5.76. The van der Waals surface area contributed by atoms with Gasteiger partial charge in [0.1, 0.15) is 0 Å². The molecule has 0 spiro atoms. The van der Waals surface area contributed by atoms with Gasteiger partial charge in [-0.25, -0.2) is 0 Å². The normalized spacial score (nSPS) is 22.3. The van der Waals surface area contributed by atoms with E-state index in [-0.39, 0.29) is 18.8 Å². The van der Waals surface area contributed by atoms with Gasteiger partial charge in [0.2, 0.25) is 0 Å². The fraction of sp³-hybridized carbons (Fsp3) is 0.500. The fourth-order valence-electron chi connectivity index (χ4n) is 2.38. The van der Waals surface area contributed by atoms with Gasteiger partial charge in [0.25, 0.3) is 0 Å². The number of esters is 3. The second kappa shape index (κ2) is 7.26. The molecule has 0 amide bonds. The van der Waals surface area contributed by atoms with Gasteiger partial charge in [0.05, 0.1) is 20.5 Å². The van der Waals surface area contributed by atoms with E-state index in [0.717, 1.165) is 0 Å². The molecule has 1 fully saturated rings. The summed E-state index contributed by atoms with van der Waals surface area (Å²) in [6.07, 6.45) is 3.04. The van der Waals surface area contributed by atoms with Gasteiger partial charge in [0, 0.05) is 18.4 Å². The first-order valence-electron chi connectivity index (χ1n) is 6.21. The van der Waals surface area contributed by atoms with E-state index in [1.807, 2.05) is 0 Å². The quantitative estimate of drug-likeness (QED) is 0.341. The largest absolute Gasteiger partial charge is 0.468 e. The predicted molar refractivity (Wildman–Crippen MR) is 74.0 cm³/mol. The second-order valence-electron chi connectivity index (χ2n) is 4.67. The number of carbonyl (C=O) groups excluding carboxylic acids is 3. The number of hydrogen-bond acceptors (Lipinski definition) is 6. The van der Waals surface area contributed by atoms with Crippen LogP contribution < -0.4 is 0 Å². The molecule has 0 bridgehead atoms. The second-order valence-corrected chi connectivity index (χ2v) is 4.89. The first-order chi connectivity index (χ1) is 9.91. The van der Waals surface area contributed by atoms with Gasteiger partial charge in [-0.3, -0.25) is 14.4 Å². The van der Waals surface area contributed by atoms with Crippen molar-refractivity contribution in [3.63, 3.8) is 0 Å². The molecule has 1 saturated carbocycles. The molecule has 1 unspecified atom stereocenters. The molecule has 21 heavy (non-hydrogen) atoms. The van der Waals surface area contributed by atoms with Gasteiger partial charge >= 0.3 is 17.9 Å². The fourth-order valence-corrected chi connectivity index (χ4v) is 2.62. The minimum atomic E-state index is -1.42. The Morgan fingerprint density at radius 2 is 1.81 bits per heavy atom. The van der Waals surface area contributed by atoms with Gasteiger partial charge in [-0.1, -0.05) is 17.2 Å². The Morgan fingerprint density at radius 1 is 1.24 bits per heavy atom. The third kappa shape index (κ3) is 3.64. The van der Waals surface area contributed by atoms with Crippen LogP contribution in [0.4, 0.5) is 0 Å². The molecule has 6 nitrogen and oxygen atoms in total. The van der Waals surface area contributed by atoms with Crippen molar-refractivity contribution in [3.05, 3.63) is 23.4 Å². The van der Waals surface area contributed by atoms with Crippen molar-refractivity contribution in [2.24, 2.45) is 11.3 Å². The van der Waals surface area contributed by atoms with E-state index in [4.69, 9.17) is 25.8 Å². The van der Waals surface area contributed by atoms with E-state index in [1.165, 1.54) is 32.9 Å². The summed E-state index contributed by atoms with van der Waals surface area (Å²) in [6, 6.07) is 0. The van der Waals surface area contributed by atoms with Crippen LogP contribution in [0, 0.1) is 11.3 Å². The molecule has 1 rings (SSSR count). The van der Waals surface area contributed by atoms with Crippen LogP contribution >= 0.6 is 11.6 Å². The van der Waals surface area contributed by atoms with E-state index in [0.29, 0.717) is 5.57 Å². The Kier molecular flexibility index (Phi) is 5.96. The van der Waals surface area contributed by atoms with E-state index < -0.39 is 23.3 Å². The van der Waals surface area contributed by atoms with E-state index in [1.54, 1.807) is 6.08 Å². The highest BCUT2D eigenvalue weighted by Gasteiger charge is 2.54. The van der Waals surface area contributed by atoms with Crippen LogP contribution in [-0.2, 0) is 28.6 Å². The average Bonchev–Trinajstić information content (AvgIpc) is 2.85. The van der Waals surface area contributed by atoms with E-state index in [9.17, 15) is 14.4 Å². The van der Waals surface area contributed by atoms with Crippen LogP contribution in [0.5, 0.6) is 0 Å². The van der Waals surface area contributed by atoms with E-state index >= 15 is 0 Å². The Labute approximate surface area is 127 Å². The summed E-state index contributed by atoms with van der Waals surface area (Å²) in [5.41, 5.74) is 0.558. The molecule has 0 saturated heterocycles. The zero-order valence-corrected chi connectivity index (χ0v) is 12.8. The number of methoxy groups -OCH3 is 2. The third-order valence-electron chi connectivity index (χ3n) is 3.39. The van der Waals surface area contributed by atoms with Crippen molar-refractivity contribution >= 4 is 29.5 Å². The molecule has 0 radical (unpaired) electrons. The summed E-state index contributed by atoms with van der Waals surface area (Å²) < 4.78 is 14.2. The molecule has 0 aliphatic heterocycles. The highest BCUT2D eigenvalue weighted by atomic mass is 35.5. The summed E-state index contributed by atoms with van der Waals surface area (Å²) in [7, 11) is 2.41. The van der Waals surface area contributed by atoms with Crippen LogP contribution in [0.15, 0.2) is 23.4 Å². The predicted octanol–water partition coefficient (Wildman–Crippen LogP) is 1.93. The van der Waals surface area contributed by atoms with Crippen LogP contribution in [0.3, 0.4) is 0 Å². The summed E-state index contributed by atoms with van der Waals surface area (Å²) in [5, 5.41) is 0. The smallest absolute Gasteiger partial charge is 0.323 e. The number of allylic oxidation sites excluding steroid dienone is 2. The minimum absolute atomic E-state index is 0.102. The highest BCUT2D eigenvalue weighted by molar-refractivity contribution is 6.25. The van der Waals surface area contributed by atoms with Crippen LogP contribution in [0.25, 0.3) is 0 Å². The lowest BCUT2D eigenvalue weighted by atomic mass is 9.85. The lowest BCUT2D eigenvalue weighted by Crippen LogP contribution is -2.39. The molecular formula is C14H17ClO6. The number of rotatable bonds is 4. The summed E-state index contributed by atoms with van der Waals surface area (Å²) in [5.74, 6) is -2.13. The molecule has 1 aliphatic carbocycles. The Morgan fingerprint density at radius 3 is 2.24 bits per heavy atom. The molecule has 1 aliphatic rings. The standard InChI is InChI=1S/C14H17ClO6/c1-9(16)21-5-4-10-6-14(12(17)19-2,13(18)20-3)7-11(10)8-15/h4-5,8,10H,6-7H2,1-3H3/b5-4+,11-8-. The molecule has 0 N–H and O–H groups in total. The SMILES string of the molecule is COC(=O)C1(C(=O)OC)C/C(=C/Cl)C(/C=C/OC(C)=O)C1. The molecule has 0 heterocycles. The third-order valence-corrected chi connectivity index (χ3v) is 3.67. The molecule has 0 aromatic carbocycles. The first-order valence-corrected chi connectivity index (χ1v) is 6.64. The van der Waals surface area contributed by atoms with Crippen LogP contribution in [0.1, 0.15) is 19.8 Å². The Bertz CT molecular complexity index is 478. The number of halogens is 1. The van der Waals surface area contributed by atoms with Gasteiger partial charge in [-0.15, -0.1) is 0 Å². The molecular weight excluding hydrogens is 300 g/mol. The summed E-state index contributed by atoms with van der Waals surface area (Å²) in [6.45, 7) is 1.27. The Balaban J connectivity index is 3.06.